The summed E-state index contributed by atoms with van der Waals surface area (Å²) >= 11 is 0. The summed E-state index contributed by atoms with van der Waals surface area (Å²) in [5, 5.41) is 22.6. The fourth-order valence-corrected chi connectivity index (χ4v) is 3.95. The minimum atomic E-state index is -0.146. The molecule has 0 saturated heterocycles. The van der Waals surface area contributed by atoms with Gasteiger partial charge in [-0.15, -0.1) is 10.2 Å². The van der Waals surface area contributed by atoms with Crippen molar-refractivity contribution in [1.82, 2.24) is 24.5 Å². The van der Waals surface area contributed by atoms with Gasteiger partial charge in [-0.25, -0.2) is 0 Å². The zero-order valence-electron chi connectivity index (χ0n) is 19.8. The smallest absolute Gasteiger partial charge is 0.228 e. The Kier molecular flexibility index (Phi) is 6.14. The van der Waals surface area contributed by atoms with Gasteiger partial charge in [0.15, 0.2) is 11.6 Å². The lowest BCUT2D eigenvalue weighted by molar-refractivity contribution is -0.116. The summed E-state index contributed by atoms with van der Waals surface area (Å²) in [6, 6.07) is 20.4. The van der Waals surface area contributed by atoms with E-state index in [1.54, 1.807) is 35.1 Å². The number of carbonyl (C=O) groups is 2. The van der Waals surface area contributed by atoms with Gasteiger partial charge >= 0.3 is 0 Å². The number of nitrogens with one attached hydrogen (secondary N) is 3. The number of nitrogens with zero attached hydrogens (tertiary/aromatic N) is 5. The SMILES string of the molecule is CC(=O)Nc1ccc(NC(=O)Cc2cn(-c3ccc(Nc4ccnn4C)nn3)c3ccccc23)cc1. The van der Waals surface area contributed by atoms with Gasteiger partial charge in [-0.3, -0.25) is 18.8 Å². The summed E-state index contributed by atoms with van der Waals surface area (Å²) in [5.41, 5.74) is 3.13. The van der Waals surface area contributed by atoms with E-state index in [2.05, 4.69) is 31.2 Å². The molecule has 0 spiro atoms. The minimum Gasteiger partial charge on any atom is -0.326 e. The highest BCUT2D eigenvalue weighted by atomic mass is 16.2. The van der Waals surface area contributed by atoms with E-state index >= 15 is 0 Å². The first kappa shape index (κ1) is 22.8. The standard InChI is InChI=1S/C26H24N8O2/c1-17(35)28-19-7-9-20(10-8-19)29-26(36)15-18-16-34(22-6-4-3-5-21(18)22)25-12-11-23(31-32-25)30-24-13-14-27-33(24)2/h3-14,16H,15H2,1-2H3,(H,28,35)(H,29,36)(H,30,31). The van der Waals surface area contributed by atoms with Crippen LogP contribution in [-0.2, 0) is 23.1 Å². The van der Waals surface area contributed by atoms with E-state index in [0.29, 0.717) is 23.0 Å². The normalized spacial score (nSPS) is 10.8. The van der Waals surface area contributed by atoms with Crippen molar-refractivity contribution >= 4 is 45.7 Å². The van der Waals surface area contributed by atoms with Gasteiger partial charge < -0.3 is 16.0 Å². The van der Waals surface area contributed by atoms with Gasteiger partial charge in [-0.1, -0.05) is 18.2 Å². The summed E-state index contributed by atoms with van der Waals surface area (Å²) < 4.78 is 3.64. The third-order valence-electron chi connectivity index (χ3n) is 5.61. The Labute approximate surface area is 207 Å². The lowest BCUT2D eigenvalue weighted by Crippen LogP contribution is -2.14. The molecule has 0 fully saturated rings. The number of anilines is 4. The number of hydrogen-bond acceptors (Lipinski definition) is 6. The highest BCUT2D eigenvalue weighted by Crippen LogP contribution is 2.25. The maximum Gasteiger partial charge on any atom is 0.228 e. The van der Waals surface area contributed by atoms with E-state index in [1.165, 1.54) is 6.92 Å². The van der Waals surface area contributed by atoms with Gasteiger partial charge in [0.25, 0.3) is 0 Å². The molecule has 5 aromatic rings. The van der Waals surface area contributed by atoms with Gasteiger partial charge in [-0.05, 0) is 48.0 Å². The van der Waals surface area contributed by atoms with Crippen LogP contribution in [0.15, 0.2) is 79.1 Å². The van der Waals surface area contributed by atoms with Crippen LogP contribution in [-0.4, -0.2) is 36.4 Å². The molecule has 0 unspecified atom stereocenters. The second kappa shape index (κ2) is 9.71. The molecule has 180 valence electrons. The van der Waals surface area contributed by atoms with Gasteiger partial charge in [0.1, 0.15) is 5.82 Å². The number of benzene rings is 2. The topological polar surface area (TPSA) is 119 Å². The van der Waals surface area contributed by atoms with Crippen molar-refractivity contribution < 1.29 is 9.59 Å². The van der Waals surface area contributed by atoms with Gasteiger partial charge in [0.2, 0.25) is 11.8 Å². The van der Waals surface area contributed by atoms with Crippen molar-refractivity contribution in [3.8, 4) is 5.82 Å². The van der Waals surface area contributed by atoms with E-state index in [1.807, 2.05) is 60.3 Å². The predicted octanol–water partition coefficient (Wildman–Crippen LogP) is 4.04. The Morgan fingerprint density at radius 3 is 2.31 bits per heavy atom. The fraction of sp³-hybridized carbons (Fsp3) is 0.115. The van der Waals surface area contributed by atoms with Gasteiger partial charge in [0.05, 0.1) is 18.1 Å². The molecule has 36 heavy (non-hydrogen) atoms. The number of rotatable bonds is 7. The molecule has 3 N–H and O–H groups in total. The largest absolute Gasteiger partial charge is 0.326 e. The average Bonchev–Trinajstić information content (AvgIpc) is 3.44. The van der Waals surface area contributed by atoms with Crippen LogP contribution in [0.1, 0.15) is 12.5 Å². The molecule has 0 bridgehead atoms. The van der Waals surface area contributed by atoms with Crippen molar-refractivity contribution in [2.45, 2.75) is 13.3 Å². The number of hydrogen-bond donors (Lipinski definition) is 3. The summed E-state index contributed by atoms with van der Waals surface area (Å²) in [7, 11) is 1.84. The number of amides is 2. The number of fused-ring (bicyclic) bond motifs is 1. The minimum absolute atomic E-state index is 0.146. The third-order valence-corrected chi connectivity index (χ3v) is 5.61. The first-order valence-corrected chi connectivity index (χ1v) is 11.3. The van der Waals surface area contributed by atoms with Crippen LogP contribution < -0.4 is 16.0 Å². The highest BCUT2D eigenvalue weighted by molar-refractivity contribution is 5.96. The van der Waals surface area contributed by atoms with E-state index < -0.39 is 0 Å². The van der Waals surface area contributed by atoms with Crippen LogP contribution in [0.5, 0.6) is 0 Å². The van der Waals surface area contributed by atoms with Gasteiger partial charge in [0, 0.05) is 43.0 Å². The van der Waals surface area contributed by atoms with E-state index in [9.17, 15) is 9.59 Å². The van der Waals surface area contributed by atoms with Crippen molar-refractivity contribution in [2.75, 3.05) is 16.0 Å². The first-order valence-electron chi connectivity index (χ1n) is 11.3. The van der Waals surface area contributed by atoms with E-state index in [0.717, 1.165) is 22.3 Å². The molecular formula is C26H24N8O2. The molecular weight excluding hydrogens is 456 g/mol. The quantitative estimate of drug-likeness (QED) is 0.324. The zero-order chi connectivity index (χ0) is 25.1. The summed E-state index contributed by atoms with van der Waals surface area (Å²) in [4.78, 5) is 24.0. The second-order valence-corrected chi connectivity index (χ2v) is 8.27. The van der Waals surface area contributed by atoms with Crippen molar-refractivity contribution in [1.29, 1.82) is 0 Å². The fourth-order valence-electron chi connectivity index (χ4n) is 3.95. The first-order chi connectivity index (χ1) is 17.5. The van der Waals surface area contributed by atoms with E-state index in [-0.39, 0.29) is 18.2 Å². The number of aromatic nitrogens is 5. The molecule has 0 radical (unpaired) electrons. The number of aryl methyl sites for hydroxylation is 1. The van der Waals surface area contributed by atoms with Crippen LogP contribution in [0.25, 0.3) is 16.7 Å². The molecule has 3 aromatic heterocycles. The maximum absolute atomic E-state index is 12.8. The number of carbonyl (C=O) groups excluding carboxylic acids is 2. The molecule has 2 amide bonds. The maximum atomic E-state index is 12.8. The van der Waals surface area contributed by atoms with Crippen molar-refractivity contribution in [3.05, 3.63) is 84.7 Å². The Morgan fingerprint density at radius 2 is 1.64 bits per heavy atom. The number of para-hydroxylation sites is 1. The summed E-state index contributed by atoms with van der Waals surface area (Å²) in [6.45, 7) is 1.45. The molecule has 3 heterocycles. The Balaban J connectivity index is 1.34. The predicted molar refractivity (Wildman–Crippen MR) is 138 cm³/mol. The summed E-state index contributed by atoms with van der Waals surface area (Å²) in [5.74, 6) is 1.76. The van der Waals surface area contributed by atoms with Crippen LogP contribution in [0.2, 0.25) is 0 Å². The molecule has 10 heteroatoms. The second-order valence-electron chi connectivity index (χ2n) is 8.27. The van der Waals surface area contributed by atoms with Crippen molar-refractivity contribution in [2.24, 2.45) is 7.05 Å². The molecule has 2 aromatic carbocycles. The third kappa shape index (κ3) is 4.92. The molecule has 5 rings (SSSR count). The lowest BCUT2D eigenvalue weighted by Gasteiger charge is -2.07. The highest BCUT2D eigenvalue weighted by Gasteiger charge is 2.14. The van der Waals surface area contributed by atoms with Crippen LogP contribution >= 0.6 is 0 Å². The summed E-state index contributed by atoms with van der Waals surface area (Å²) in [6.07, 6.45) is 3.81. The molecule has 0 aliphatic carbocycles. The van der Waals surface area contributed by atoms with E-state index in [4.69, 9.17) is 0 Å². The van der Waals surface area contributed by atoms with Gasteiger partial charge in [-0.2, -0.15) is 5.10 Å². The van der Waals surface area contributed by atoms with Crippen LogP contribution in [0.4, 0.5) is 23.0 Å². The zero-order valence-corrected chi connectivity index (χ0v) is 19.8. The van der Waals surface area contributed by atoms with Crippen LogP contribution in [0, 0.1) is 0 Å². The molecule has 0 atom stereocenters. The van der Waals surface area contributed by atoms with Crippen LogP contribution in [0.3, 0.4) is 0 Å². The Morgan fingerprint density at radius 1 is 0.889 bits per heavy atom. The monoisotopic (exact) mass is 480 g/mol. The Bertz CT molecular complexity index is 1530. The molecule has 0 aliphatic heterocycles. The van der Waals surface area contributed by atoms with Crippen molar-refractivity contribution in [3.63, 3.8) is 0 Å². The molecule has 0 aliphatic rings. The molecule has 10 nitrogen and oxygen atoms in total. The average molecular weight is 481 g/mol. The molecule has 0 saturated carbocycles. The Hall–Kier alpha value is -4.99. The lowest BCUT2D eigenvalue weighted by atomic mass is 10.1.